The summed E-state index contributed by atoms with van der Waals surface area (Å²) in [6, 6.07) is 10.3. The van der Waals surface area contributed by atoms with Crippen LogP contribution < -0.4 is 0 Å². The van der Waals surface area contributed by atoms with Gasteiger partial charge in [0, 0.05) is 31.4 Å². The number of likely N-dealkylation sites (tertiary alicyclic amines) is 1. The molecule has 3 aromatic rings. The van der Waals surface area contributed by atoms with Gasteiger partial charge in [0.05, 0.1) is 17.6 Å². The molecule has 1 atom stereocenters. The van der Waals surface area contributed by atoms with E-state index in [0.717, 1.165) is 48.9 Å². The molecule has 0 radical (unpaired) electrons. The van der Waals surface area contributed by atoms with E-state index in [2.05, 4.69) is 44.7 Å². The van der Waals surface area contributed by atoms with Gasteiger partial charge in [-0.25, -0.2) is 15.0 Å². The number of para-hydroxylation sites is 2. The van der Waals surface area contributed by atoms with Crippen LogP contribution in [-0.4, -0.2) is 37.5 Å². The molecule has 3 heterocycles. The van der Waals surface area contributed by atoms with E-state index in [9.17, 15) is 0 Å². The van der Waals surface area contributed by atoms with Crippen molar-refractivity contribution in [3.63, 3.8) is 0 Å². The maximum atomic E-state index is 4.78. The molecule has 23 heavy (non-hydrogen) atoms. The van der Waals surface area contributed by atoms with Crippen LogP contribution in [0.3, 0.4) is 0 Å². The van der Waals surface area contributed by atoms with Crippen LogP contribution in [0.25, 0.3) is 11.0 Å². The van der Waals surface area contributed by atoms with Crippen LogP contribution >= 0.6 is 0 Å². The zero-order chi connectivity index (χ0) is 15.8. The summed E-state index contributed by atoms with van der Waals surface area (Å²) in [5.41, 5.74) is 3.31. The Bertz CT molecular complexity index is 838. The average Bonchev–Trinajstić information content (AvgIpc) is 3.14. The first kappa shape index (κ1) is 14.3. The van der Waals surface area contributed by atoms with E-state index in [0.29, 0.717) is 5.92 Å². The van der Waals surface area contributed by atoms with E-state index >= 15 is 0 Å². The van der Waals surface area contributed by atoms with Crippen LogP contribution in [-0.2, 0) is 13.6 Å². The Labute approximate surface area is 136 Å². The third-order valence-corrected chi connectivity index (χ3v) is 4.70. The fourth-order valence-electron chi connectivity index (χ4n) is 3.39. The minimum atomic E-state index is 0.435. The molecule has 1 unspecified atom stereocenters. The highest BCUT2D eigenvalue weighted by Crippen LogP contribution is 2.26. The Balaban J connectivity index is 1.50. The number of benzene rings is 1. The number of hydrogen-bond donors (Lipinski definition) is 0. The highest BCUT2D eigenvalue weighted by Gasteiger charge is 2.27. The molecule has 0 saturated carbocycles. The first-order valence-electron chi connectivity index (χ1n) is 8.13. The van der Waals surface area contributed by atoms with E-state index in [1.165, 1.54) is 5.52 Å². The van der Waals surface area contributed by atoms with Crippen molar-refractivity contribution in [3.05, 3.63) is 53.9 Å². The third kappa shape index (κ3) is 2.72. The Morgan fingerprint density at radius 3 is 2.87 bits per heavy atom. The molecule has 2 aromatic heterocycles. The first-order valence-corrected chi connectivity index (χ1v) is 8.13. The summed E-state index contributed by atoms with van der Waals surface area (Å²) >= 11 is 0. The van der Waals surface area contributed by atoms with Gasteiger partial charge >= 0.3 is 0 Å². The molecule has 5 heteroatoms. The first-order chi connectivity index (χ1) is 11.2. The third-order valence-electron chi connectivity index (χ3n) is 4.70. The second-order valence-electron chi connectivity index (χ2n) is 6.35. The van der Waals surface area contributed by atoms with Gasteiger partial charge in [0.25, 0.3) is 0 Å². The normalized spacial score (nSPS) is 18.8. The van der Waals surface area contributed by atoms with Crippen molar-refractivity contribution < 1.29 is 0 Å². The maximum Gasteiger partial charge on any atom is 0.132 e. The minimum absolute atomic E-state index is 0.435. The van der Waals surface area contributed by atoms with E-state index in [4.69, 9.17) is 4.98 Å². The Hall–Kier alpha value is -2.27. The van der Waals surface area contributed by atoms with Gasteiger partial charge in [0.15, 0.2) is 0 Å². The van der Waals surface area contributed by atoms with E-state index < -0.39 is 0 Å². The summed E-state index contributed by atoms with van der Waals surface area (Å²) in [4.78, 5) is 16.3. The van der Waals surface area contributed by atoms with Crippen molar-refractivity contribution in [2.75, 3.05) is 13.1 Å². The lowest BCUT2D eigenvalue weighted by Gasteiger charge is -2.15. The molecule has 1 aromatic carbocycles. The molecule has 0 N–H and O–H groups in total. The minimum Gasteiger partial charge on any atom is -0.330 e. The summed E-state index contributed by atoms with van der Waals surface area (Å²) in [6.45, 7) is 4.99. The SMILES string of the molecule is Cc1ccnc(C2CCN(Cc3nc4ccccc4n3C)C2)n1. The van der Waals surface area contributed by atoms with Crippen LogP contribution in [0.4, 0.5) is 0 Å². The molecule has 1 saturated heterocycles. The van der Waals surface area contributed by atoms with Crippen LogP contribution in [0.15, 0.2) is 36.5 Å². The summed E-state index contributed by atoms with van der Waals surface area (Å²) in [5.74, 6) is 2.54. The Kier molecular flexibility index (Phi) is 3.58. The second kappa shape index (κ2) is 5.74. The van der Waals surface area contributed by atoms with Gasteiger partial charge in [-0.3, -0.25) is 4.90 Å². The topological polar surface area (TPSA) is 46.8 Å². The summed E-state index contributed by atoms with van der Waals surface area (Å²) in [7, 11) is 2.10. The molecule has 4 rings (SSSR count). The van der Waals surface area contributed by atoms with Crippen molar-refractivity contribution in [2.24, 2.45) is 7.05 Å². The number of aromatic nitrogens is 4. The van der Waals surface area contributed by atoms with Gasteiger partial charge in [-0.2, -0.15) is 0 Å². The molecule has 1 fully saturated rings. The van der Waals surface area contributed by atoms with E-state index in [1.807, 2.05) is 25.3 Å². The van der Waals surface area contributed by atoms with E-state index in [1.54, 1.807) is 0 Å². The zero-order valence-corrected chi connectivity index (χ0v) is 13.6. The van der Waals surface area contributed by atoms with Gasteiger partial charge in [0.2, 0.25) is 0 Å². The number of imidazole rings is 1. The molecule has 1 aliphatic heterocycles. The fraction of sp³-hybridized carbons (Fsp3) is 0.389. The lowest BCUT2D eigenvalue weighted by atomic mass is 10.1. The molecular formula is C18H21N5. The highest BCUT2D eigenvalue weighted by molar-refractivity contribution is 5.75. The van der Waals surface area contributed by atoms with Crippen molar-refractivity contribution in [3.8, 4) is 0 Å². The molecule has 1 aliphatic rings. The second-order valence-corrected chi connectivity index (χ2v) is 6.35. The fourth-order valence-corrected chi connectivity index (χ4v) is 3.39. The molecular weight excluding hydrogens is 286 g/mol. The van der Waals surface area contributed by atoms with Crippen LogP contribution in [0, 0.1) is 6.92 Å². The van der Waals surface area contributed by atoms with Crippen LogP contribution in [0.5, 0.6) is 0 Å². The lowest BCUT2D eigenvalue weighted by Crippen LogP contribution is -2.22. The van der Waals surface area contributed by atoms with Crippen molar-refractivity contribution >= 4 is 11.0 Å². The number of nitrogens with zero attached hydrogens (tertiary/aromatic N) is 5. The van der Waals surface area contributed by atoms with Crippen molar-refractivity contribution in [2.45, 2.75) is 25.8 Å². The largest absolute Gasteiger partial charge is 0.330 e. The van der Waals surface area contributed by atoms with Gasteiger partial charge in [0.1, 0.15) is 11.6 Å². The van der Waals surface area contributed by atoms with Gasteiger partial charge in [-0.15, -0.1) is 0 Å². The smallest absolute Gasteiger partial charge is 0.132 e. The molecule has 0 spiro atoms. The number of hydrogen-bond acceptors (Lipinski definition) is 4. The lowest BCUT2D eigenvalue weighted by molar-refractivity contribution is 0.314. The molecule has 0 amide bonds. The van der Waals surface area contributed by atoms with Gasteiger partial charge < -0.3 is 4.57 Å². The molecule has 0 bridgehead atoms. The number of fused-ring (bicyclic) bond motifs is 1. The summed E-state index contributed by atoms with van der Waals surface area (Å²) < 4.78 is 2.20. The predicted octanol–water partition coefficient (Wildman–Crippen LogP) is 2.66. The molecule has 118 valence electrons. The summed E-state index contributed by atoms with van der Waals surface area (Å²) in [6.07, 6.45) is 2.99. The van der Waals surface area contributed by atoms with Crippen LogP contribution in [0.1, 0.15) is 29.7 Å². The van der Waals surface area contributed by atoms with Crippen LogP contribution in [0.2, 0.25) is 0 Å². The molecule has 0 aliphatic carbocycles. The Morgan fingerprint density at radius 2 is 2.04 bits per heavy atom. The average molecular weight is 307 g/mol. The van der Waals surface area contributed by atoms with Crippen molar-refractivity contribution in [1.29, 1.82) is 0 Å². The predicted molar refractivity (Wildman–Crippen MR) is 90.1 cm³/mol. The monoisotopic (exact) mass is 307 g/mol. The number of rotatable bonds is 3. The zero-order valence-electron chi connectivity index (χ0n) is 13.6. The standard InChI is InChI=1S/C18H21N5/c1-13-7-9-19-18(20-13)14-8-10-23(11-14)12-17-21-15-5-3-4-6-16(15)22(17)2/h3-7,9,14H,8,10-12H2,1-2H3. The Morgan fingerprint density at radius 1 is 1.17 bits per heavy atom. The summed E-state index contributed by atoms with van der Waals surface area (Å²) in [5, 5.41) is 0. The maximum absolute atomic E-state index is 4.78. The van der Waals surface area contributed by atoms with Crippen molar-refractivity contribution in [1.82, 2.24) is 24.4 Å². The quantitative estimate of drug-likeness (QED) is 0.746. The highest BCUT2D eigenvalue weighted by atomic mass is 15.2. The molecule has 5 nitrogen and oxygen atoms in total. The van der Waals surface area contributed by atoms with Gasteiger partial charge in [-0.1, -0.05) is 12.1 Å². The van der Waals surface area contributed by atoms with E-state index in [-0.39, 0.29) is 0 Å². The van der Waals surface area contributed by atoms with Gasteiger partial charge in [-0.05, 0) is 38.1 Å². The number of aryl methyl sites for hydroxylation is 2.